The van der Waals surface area contributed by atoms with Gasteiger partial charge in [0, 0.05) is 6.54 Å². The Hall–Kier alpha value is -0.600. The number of halogens is 2. The van der Waals surface area contributed by atoms with Crippen molar-refractivity contribution in [2.45, 2.75) is 25.7 Å². The summed E-state index contributed by atoms with van der Waals surface area (Å²) >= 11 is 0. The van der Waals surface area contributed by atoms with E-state index in [1.807, 2.05) is 13.0 Å². The number of hydrogen-bond donors (Lipinski definition) is 1. The SMILES string of the molecule is Cc1cc(F)ccc1C1CCCNC1.Cl. The van der Waals surface area contributed by atoms with Crippen LogP contribution in [0.15, 0.2) is 18.2 Å². The van der Waals surface area contributed by atoms with Crippen molar-refractivity contribution in [3.63, 3.8) is 0 Å². The second-order valence-corrected chi connectivity index (χ2v) is 4.04. The number of benzene rings is 1. The maximum Gasteiger partial charge on any atom is 0.123 e. The summed E-state index contributed by atoms with van der Waals surface area (Å²) in [5.41, 5.74) is 2.39. The van der Waals surface area contributed by atoms with Gasteiger partial charge >= 0.3 is 0 Å². The Morgan fingerprint density at radius 1 is 1.40 bits per heavy atom. The standard InChI is InChI=1S/C12H16FN.ClH/c1-9-7-11(13)4-5-12(9)10-3-2-6-14-8-10;/h4-5,7,10,14H,2-3,6,8H2,1H3;1H. The molecule has 0 spiro atoms. The molecule has 1 N–H and O–H groups in total. The van der Waals surface area contributed by atoms with Crippen LogP contribution < -0.4 is 5.32 Å². The fourth-order valence-electron chi connectivity index (χ4n) is 2.21. The predicted molar refractivity (Wildman–Crippen MR) is 63.2 cm³/mol. The van der Waals surface area contributed by atoms with Crippen LogP contribution in [0.4, 0.5) is 4.39 Å². The van der Waals surface area contributed by atoms with E-state index in [9.17, 15) is 4.39 Å². The van der Waals surface area contributed by atoms with Crippen LogP contribution in [0.5, 0.6) is 0 Å². The molecule has 1 atom stereocenters. The molecule has 0 aliphatic carbocycles. The van der Waals surface area contributed by atoms with Crippen LogP contribution in [0, 0.1) is 12.7 Å². The fraction of sp³-hybridized carbons (Fsp3) is 0.500. The lowest BCUT2D eigenvalue weighted by atomic mass is 9.89. The number of rotatable bonds is 1. The van der Waals surface area contributed by atoms with Gasteiger partial charge in [-0.1, -0.05) is 6.07 Å². The van der Waals surface area contributed by atoms with E-state index in [2.05, 4.69) is 5.32 Å². The number of hydrogen-bond acceptors (Lipinski definition) is 1. The largest absolute Gasteiger partial charge is 0.316 e. The number of piperidine rings is 1. The van der Waals surface area contributed by atoms with Gasteiger partial charge in [-0.3, -0.25) is 0 Å². The average molecular weight is 230 g/mol. The van der Waals surface area contributed by atoms with Crippen molar-refractivity contribution >= 4 is 12.4 Å². The Morgan fingerprint density at radius 2 is 2.20 bits per heavy atom. The zero-order chi connectivity index (χ0) is 9.97. The van der Waals surface area contributed by atoms with E-state index in [1.54, 1.807) is 12.1 Å². The first kappa shape index (κ1) is 12.5. The normalized spacial score (nSPS) is 20.8. The van der Waals surface area contributed by atoms with E-state index in [4.69, 9.17) is 0 Å². The van der Waals surface area contributed by atoms with Crippen molar-refractivity contribution in [1.29, 1.82) is 0 Å². The highest BCUT2D eigenvalue weighted by molar-refractivity contribution is 5.85. The summed E-state index contributed by atoms with van der Waals surface area (Å²) in [6.45, 7) is 4.15. The summed E-state index contributed by atoms with van der Waals surface area (Å²) in [6, 6.07) is 5.13. The molecule has 2 rings (SSSR count). The van der Waals surface area contributed by atoms with Gasteiger partial charge in [0.1, 0.15) is 5.82 Å². The third-order valence-corrected chi connectivity index (χ3v) is 2.97. The van der Waals surface area contributed by atoms with E-state index < -0.39 is 0 Å². The van der Waals surface area contributed by atoms with Gasteiger partial charge in [-0.2, -0.15) is 0 Å². The minimum atomic E-state index is -0.130. The fourth-order valence-corrected chi connectivity index (χ4v) is 2.21. The smallest absolute Gasteiger partial charge is 0.123 e. The number of aryl methyl sites for hydroxylation is 1. The molecule has 0 aromatic heterocycles. The van der Waals surface area contributed by atoms with Crippen molar-refractivity contribution in [1.82, 2.24) is 5.32 Å². The van der Waals surface area contributed by atoms with Gasteiger partial charge in [0.15, 0.2) is 0 Å². The maximum absolute atomic E-state index is 12.9. The minimum absolute atomic E-state index is 0. The molecule has 1 aromatic carbocycles. The van der Waals surface area contributed by atoms with Gasteiger partial charge in [-0.25, -0.2) is 4.39 Å². The molecule has 84 valence electrons. The maximum atomic E-state index is 12.9. The van der Waals surface area contributed by atoms with Gasteiger partial charge in [0.05, 0.1) is 0 Å². The Labute approximate surface area is 96.5 Å². The van der Waals surface area contributed by atoms with Crippen LogP contribution in [0.2, 0.25) is 0 Å². The van der Waals surface area contributed by atoms with Gasteiger partial charge in [0.2, 0.25) is 0 Å². The zero-order valence-electron chi connectivity index (χ0n) is 8.92. The van der Waals surface area contributed by atoms with Crippen LogP contribution >= 0.6 is 12.4 Å². The lowest BCUT2D eigenvalue weighted by Crippen LogP contribution is -2.28. The summed E-state index contributed by atoms with van der Waals surface area (Å²) in [6.07, 6.45) is 2.45. The first-order valence-corrected chi connectivity index (χ1v) is 5.24. The zero-order valence-corrected chi connectivity index (χ0v) is 9.74. The van der Waals surface area contributed by atoms with Gasteiger partial charge in [0.25, 0.3) is 0 Å². The minimum Gasteiger partial charge on any atom is -0.316 e. The summed E-state index contributed by atoms with van der Waals surface area (Å²) in [7, 11) is 0. The molecule has 0 amide bonds. The molecule has 1 nitrogen and oxygen atoms in total. The highest BCUT2D eigenvalue weighted by Crippen LogP contribution is 2.26. The summed E-state index contributed by atoms with van der Waals surface area (Å²) < 4.78 is 12.9. The van der Waals surface area contributed by atoms with Crippen molar-refractivity contribution in [2.24, 2.45) is 0 Å². The Kier molecular flexibility index (Phi) is 4.55. The van der Waals surface area contributed by atoms with Crippen molar-refractivity contribution in [3.05, 3.63) is 35.1 Å². The van der Waals surface area contributed by atoms with E-state index in [0.717, 1.165) is 18.7 Å². The Balaban J connectivity index is 0.00000112. The molecule has 1 heterocycles. The molecule has 0 bridgehead atoms. The highest BCUT2D eigenvalue weighted by Gasteiger charge is 2.16. The number of nitrogens with one attached hydrogen (secondary N) is 1. The molecule has 1 aliphatic heterocycles. The molecule has 1 aromatic rings. The van der Waals surface area contributed by atoms with Crippen molar-refractivity contribution in [3.8, 4) is 0 Å². The molecule has 1 unspecified atom stereocenters. The molecule has 3 heteroatoms. The highest BCUT2D eigenvalue weighted by atomic mass is 35.5. The third kappa shape index (κ3) is 2.93. The second-order valence-electron chi connectivity index (χ2n) is 4.04. The van der Waals surface area contributed by atoms with Gasteiger partial charge in [-0.05, 0) is 55.5 Å². The summed E-state index contributed by atoms with van der Waals surface area (Å²) in [5.74, 6) is 0.444. The Bertz CT molecular complexity index is 321. The van der Waals surface area contributed by atoms with E-state index in [-0.39, 0.29) is 18.2 Å². The van der Waals surface area contributed by atoms with E-state index >= 15 is 0 Å². The molecular formula is C12H17ClFN. The summed E-state index contributed by atoms with van der Waals surface area (Å²) in [5, 5.41) is 3.38. The van der Waals surface area contributed by atoms with Crippen molar-refractivity contribution < 1.29 is 4.39 Å². The topological polar surface area (TPSA) is 12.0 Å². The molecule has 0 saturated carbocycles. The summed E-state index contributed by atoms with van der Waals surface area (Å²) in [4.78, 5) is 0. The third-order valence-electron chi connectivity index (χ3n) is 2.97. The van der Waals surface area contributed by atoms with E-state index in [1.165, 1.54) is 18.4 Å². The van der Waals surface area contributed by atoms with Crippen LogP contribution in [0.25, 0.3) is 0 Å². The Morgan fingerprint density at radius 3 is 2.80 bits per heavy atom. The molecule has 1 aliphatic rings. The van der Waals surface area contributed by atoms with E-state index in [0.29, 0.717) is 5.92 Å². The van der Waals surface area contributed by atoms with Crippen LogP contribution in [0.3, 0.4) is 0 Å². The van der Waals surface area contributed by atoms with Crippen molar-refractivity contribution in [2.75, 3.05) is 13.1 Å². The van der Waals surface area contributed by atoms with Crippen LogP contribution in [-0.4, -0.2) is 13.1 Å². The second kappa shape index (κ2) is 5.47. The lowest BCUT2D eigenvalue weighted by molar-refractivity contribution is 0.460. The first-order valence-electron chi connectivity index (χ1n) is 5.24. The quantitative estimate of drug-likeness (QED) is 0.781. The monoisotopic (exact) mass is 229 g/mol. The van der Waals surface area contributed by atoms with Gasteiger partial charge in [-0.15, -0.1) is 12.4 Å². The van der Waals surface area contributed by atoms with Crippen LogP contribution in [-0.2, 0) is 0 Å². The van der Waals surface area contributed by atoms with Gasteiger partial charge < -0.3 is 5.32 Å². The lowest BCUT2D eigenvalue weighted by Gasteiger charge is -2.24. The first-order chi connectivity index (χ1) is 6.77. The molecule has 1 fully saturated rings. The predicted octanol–water partition coefficient (Wildman–Crippen LogP) is 3.02. The molecule has 15 heavy (non-hydrogen) atoms. The molecular weight excluding hydrogens is 213 g/mol. The molecule has 0 radical (unpaired) electrons. The molecule has 1 saturated heterocycles. The average Bonchev–Trinajstić information content (AvgIpc) is 2.19. The van der Waals surface area contributed by atoms with Crippen LogP contribution in [0.1, 0.15) is 29.9 Å².